The number of nitrogen functional groups attached to an aromatic ring is 2. The van der Waals surface area contributed by atoms with Gasteiger partial charge in [-0.1, -0.05) is 0 Å². The lowest BCUT2D eigenvalue weighted by Crippen LogP contribution is -2.35. The van der Waals surface area contributed by atoms with Gasteiger partial charge in [0.2, 0.25) is 12.4 Å². The van der Waals surface area contributed by atoms with Crippen molar-refractivity contribution < 1.29 is 65.3 Å². The summed E-state index contributed by atoms with van der Waals surface area (Å²) in [6.45, 7) is -1.30. The molecule has 1 fully saturated rings. The van der Waals surface area contributed by atoms with Crippen LogP contribution in [0.15, 0.2) is 36.8 Å². The molecule has 5 N–H and O–H groups in total. The Balaban J connectivity index is 1.28. The maximum Gasteiger partial charge on any atom is 0.443 e. The van der Waals surface area contributed by atoms with Crippen molar-refractivity contribution in [1.82, 2.24) is 39.0 Å². The van der Waals surface area contributed by atoms with Crippen LogP contribution in [-0.4, -0.2) is 106 Å². The van der Waals surface area contributed by atoms with E-state index < -0.39 is 110 Å². The summed E-state index contributed by atoms with van der Waals surface area (Å²) in [7, 11) is 0. The third-order valence-corrected chi connectivity index (χ3v) is 15.5. The Bertz CT molecular complexity index is 2430. The third kappa shape index (κ3) is 8.93. The Morgan fingerprint density at radius 1 is 0.850 bits per heavy atom. The zero-order valence-corrected chi connectivity index (χ0v) is 36.2. The molecule has 60 heavy (non-hydrogen) atoms. The lowest BCUT2D eigenvalue weighted by molar-refractivity contribution is -0.151. The van der Waals surface area contributed by atoms with E-state index in [9.17, 15) is 23.8 Å². The number of hydrogen-bond acceptors (Lipinski definition) is 23. The third-order valence-electron chi connectivity index (χ3n) is 8.91. The highest BCUT2D eigenvalue weighted by Gasteiger charge is 2.53. The minimum absolute atomic E-state index is 0.00655. The van der Waals surface area contributed by atoms with E-state index in [1.807, 2.05) is 0 Å². The molecule has 7 rings (SSSR count). The number of ether oxygens (including phenoxy) is 4. The minimum Gasteiger partial charge on any atom is -0.465 e. The van der Waals surface area contributed by atoms with Gasteiger partial charge in [0.05, 0.1) is 23.8 Å². The molecule has 2 bridgehead atoms. The second kappa shape index (κ2) is 16.6. The molecule has 28 heteroatoms. The van der Waals surface area contributed by atoms with E-state index >= 15 is 4.39 Å². The van der Waals surface area contributed by atoms with Gasteiger partial charge < -0.3 is 40.0 Å². The van der Waals surface area contributed by atoms with E-state index in [1.165, 1.54) is 28.1 Å². The monoisotopic (exact) mass is 918 g/mol. The number of carbonyl (C=O) groups excluding carboxylic acids is 2. The number of hydrogen-bond donors (Lipinski definition) is 3. The molecule has 3 aliphatic heterocycles. The highest BCUT2D eigenvalue weighted by molar-refractivity contribution is 8.55. The van der Waals surface area contributed by atoms with Crippen LogP contribution in [0.5, 0.6) is 0 Å². The van der Waals surface area contributed by atoms with E-state index in [1.54, 1.807) is 41.5 Å². The lowest BCUT2D eigenvalue weighted by atomic mass is 9.98. The first kappa shape index (κ1) is 43.9. The number of nitrogens with zero attached hydrogens (tertiary/aromatic N) is 8. The van der Waals surface area contributed by atoms with E-state index in [-0.39, 0.29) is 34.0 Å². The number of carbonyl (C=O) groups is 2. The predicted octanol–water partition coefficient (Wildman–Crippen LogP) is 4.39. The van der Waals surface area contributed by atoms with E-state index in [0.717, 1.165) is 6.33 Å². The van der Waals surface area contributed by atoms with Crippen LogP contribution in [0.1, 0.15) is 54.0 Å². The smallest absolute Gasteiger partial charge is 0.443 e. The van der Waals surface area contributed by atoms with Gasteiger partial charge >= 0.3 is 25.5 Å². The lowest BCUT2D eigenvalue weighted by Gasteiger charge is -2.27. The summed E-state index contributed by atoms with van der Waals surface area (Å²) in [6, 6.07) is 0. The Hall–Kier alpha value is -4.13. The topological polar surface area (TPSA) is 302 Å². The quantitative estimate of drug-likeness (QED) is 0.125. The first-order valence-electron chi connectivity index (χ1n) is 17.9. The standard InChI is InChI=1S/C32H41FN10O13P2S2/c1-31(2,3)29(45)49-13-59-57(47)51-7-15-20(44)22(28(53-15)43-12-41-19-24(35)37-10-39-26(19)43)56-58(48,60-14-50-30(46)32(4,5)6)52-8-16-21(55-57)17(33)27(54-16)42-11-40-18-23(34)36-9-38-25(18)42/h9-12,15,17,20,22,27-28,44H,7-8,13-14H2,1-6H3,(H2,34,36,38)(H2,35,37,39)/t15-,17?,20?,22?,27-,28-,57?,58?/m1/s1. The van der Waals surface area contributed by atoms with Gasteiger partial charge in [-0.05, 0) is 41.5 Å². The Morgan fingerprint density at radius 3 is 1.93 bits per heavy atom. The molecule has 7 heterocycles. The summed E-state index contributed by atoms with van der Waals surface area (Å²) in [5.74, 6) is -3.62. The van der Waals surface area contributed by atoms with Gasteiger partial charge in [-0.2, -0.15) is 0 Å². The fraction of sp³-hybridized carbons (Fsp3) is 0.562. The van der Waals surface area contributed by atoms with Crippen molar-refractivity contribution in [2.24, 2.45) is 10.8 Å². The highest BCUT2D eigenvalue weighted by Crippen LogP contribution is 2.66. The van der Waals surface area contributed by atoms with Gasteiger partial charge in [-0.3, -0.25) is 32.3 Å². The molecule has 5 unspecified atom stereocenters. The van der Waals surface area contributed by atoms with Gasteiger partial charge in [-0.25, -0.2) is 43.4 Å². The Kier molecular flexibility index (Phi) is 12.2. The Morgan fingerprint density at radius 2 is 1.38 bits per heavy atom. The van der Waals surface area contributed by atoms with Crippen molar-refractivity contribution >= 4 is 82.3 Å². The molecule has 3 aliphatic rings. The number of fused-ring (bicyclic) bond motifs is 4. The van der Waals surface area contributed by atoms with Crippen molar-refractivity contribution in [3.05, 3.63) is 36.8 Å². The molecule has 0 radical (unpaired) electrons. The zero-order chi connectivity index (χ0) is 43.4. The van der Waals surface area contributed by atoms with Crippen molar-refractivity contribution in [3.8, 4) is 0 Å². The normalized spacial score (nSPS) is 28.9. The second-order valence-corrected chi connectivity index (χ2v) is 23.3. The summed E-state index contributed by atoms with van der Waals surface area (Å²) in [4.78, 5) is 50.0. The number of nitrogens with two attached hydrogens (primary N) is 2. The molecule has 23 nitrogen and oxygen atoms in total. The first-order valence-corrected chi connectivity index (χ1v) is 24.2. The van der Waals surface area contributed by atoms with Crippen LogP contribution in [0, 0.1) is 10.8 Å². The number of anilines is 2. The van der Waals surface area contributed by atoms with Crippen LogP contribution in [0.25, 0.3) is 22.3 Å². The van der Waals surface area contributed by atoms with Crippen LogP contribution in [0.3, 0.4) is 0 Å². The number of aliphatic hydroxyl groups excluding tert-OH is 1. The summed E-state index contributed by atoms with van der Waals surface area (Å²) >= 11 is 0.823. The zero-order valence-electron chi connectivity index (χ0n) is 32.8. The molecular formula is C32H41FN10O13P2S2. The fourth-order valence-corrected chi connectivity index (χ4v) is 11.0. The van der Waals surface area contributed by atoms with Crippen LogP contribution in [-0.2, 0) is 55.8 Å². The van der Waals surface area contributed by atoms with Gasteiger partial charge in [-0.15, -0.1) is 0 Å². The van der Waals surface area contributed by atoms with Gasteiger partial charge in [0, 0.05) is 22.8 Å². The Labute approximate surface area is 348 Å². The highest BCUT2D eigenvalue weighted by atomic mass is 32.7. The number of esters is 2. The summed E-state index contributed by atoms with van der Waals surface area (Å²) in [6.07, 6.45) is -5.27. The molecule has 0 aromatic carbocycles. The van der Waals surface area contributed by atoms with Crippen molar-refractivity contribution in [2.75, 3.05) is 36.6 Å². The number of halogens is 1. The van der Waals surface area contributed by atoms with Crippen molar-refractivity contribution in [2.45, 2.75) is 78.5 Å². The fourth-order valence-electron chi connectivity index (χ4n) is 5.74. The van der Waals surface area contributed by atoms with Crippen LogP contribution < -0.4 is 11.5 Å². The predicted molar refractivity (Wildman–Crippen MR) is 211 cm³/mol. The van der Waals surface area contributed by atoms with Crippen LogP contribution in [0.2, 0.25) is 0 Å². The molecule has 0 amide bonds. The maximum absolute atomic E-state index is 16.8. The molecule has 4 aromatic heterocycles. The summed E-state index contributed by atoms with van der Waals surface area (Å²) in [5, 5.41) is 11.7. The maximum atomic E-state index is 16.8. The molecule has 0 spiro atoms. The average Bonchev–Trinajstić information content (AvgIpc) is 3.94. The molecule has 0 aliphatic carbocycles. The van der Waals surface area contributed by atoms with Crippen LogP contribution in [0.4, 0.5) is 16.0 Å². The van der Waals surface area contributed by atoms with E-state index in [4.69, 9.17) is 48.5 Å². The molecule has 4 aromatic rings. The molecule has 8 atom stereocenters. The number of aliphatic hydroxyl groups is 1. The van der Waals surface area contributed by atoms with Gasteiger partial charge in [0.1, 0.15) is 66.8 Å². The SMILES string of the molecule is CC(C)(C)C(=O)OCSP1(=O)OC[C@H]2O[C@@H](n3cnc4c(N)ncnc43)C(OP(=O)(SCOC(=O)C(C)(C)C)OCC3=C(O1)C(F)[C@H](n1cnc4c(N)ncnc41)O3)C2O. The number of aromatic nitrogens is 8. The van der Waals surface area contributed by atoms with E-state index in [2.05, 4.69) is 29.9 Å². The first-order chi connectivity index (χ1) is 28.2. The molecule has 0 saturated carbocycles. The van der Waals surface area contributed by atoms with Crippen molar-refractivity contribution in [1.29, 1.82) is 0 Å². The number of alkyl halides is 1. The van der Waals surface area contributed by atoms with Gasteiger partial charge in [0.15, 0.2) is 40.7 Å². The minimum atomic E-state index is -4.70. The summed E-state index contributed by atoms with van der Waals surface area (Å²) < 4.78 is 95.5. The van der Waals surface area contributed by atoms with Crippen molar-refractivity contribution in [3.63, 3.8) is 0 Å². The average molecular weight is 919 g/mol. The summed E-state index contributed by atoms with van der Waals surface area (Å²) in [5.41, 5.74) is 10.6. The molecular weight excluding hydrogens is 877 g/mol. The largest absolute Gasteiger partial charge is 0.465 e. The number of rotatable bonds is 8. The van der Waals surface area contributed by atoms with E-state index in [0.29, 0.717) is 22.8 Å². The van der Waals surface area contributed by atoms with Gasteiger partial charge in [0.25, 0.3) is 0 Å². The van der Waals surface area contributed by atoms with Crippen LogP contribution >= 0.6 is 36.4 Å². The second-order valence-electron chi connectivity index (χ2n) is 15.4. The number of imidazole rings is 2. The molecule has 1 saturated heterocycles. The molecule has 326 valence electrons.